The molecule has 1 heterocycles. The Morgan fingerprint density at radius 3 is 3.13 bits per heavy atom. The molecule has 0 fully saturated rings. The van der Waals surface area contributed by atoms with Crippen molar-refractivity contribution in [1.29, 1.82) is 0 Å². The maximum Gasteiger partial charge on any atom is 0.0459 e. The van der Waals surface area contributed by atoms with E-state index < -0.39 is 0 Å². The van der Waals surface area contributed by atoms with Crippen molar-refractivity contribution in [1.82, 2.24) is 10.3 Å². The maximum atomic E-state index is 3.22. The van der Waals surface area contributed by atoms with Crippen molar-refractivity contribution in [3.05, 3.63) is 42.1 Å². The van der Waals surface area contributed by atoms with Crippen LogP contribution in [0.5, 0.6) is 0 Å². The van der Waals surface area contributed by atoms with E-state index in [2.05, 4.69) is 46.7 Å². The first-order chi connectivity index (χ1) is 7.40. The van der Waals surface area contributed by atoms with Gasteiger partial charge in [0.25, 0.3) is 0 Å². The summed E-state index contributed by atoms with van der Waals surface area (Å²) >= 11 is 0. The van der Waals surface area contributed by atoms with Crippen LogP contribution < -0.4 is 5.32 Å². The van der Waals surface area contributed by atoms with Crippen molar-refractivity contribution >= 4 is 17.0 Å². The van der Waals surface area contributed by atoms with Crippen LogP contribution in [0.3, 0.4) is 0 Å². The Kier molecular flexibility index (Phi) is 3.20. The minimum absolute atomic E-state index is 1.03. The molecule has 0 unspecified atom stereocenters. The summed E-state index contributed by atoms with van der Waals surface area (Å²) in [6.45, 7) is 1.03. The molecule has 2 aromatic rings. The molecule has 2 heteroatoms. The molecule has 0 amide bonds. The average Bonchev–Trinajstić information content (AvgIpc) is 2.71. The Bertz CT molecular complexity index is 454. The number of benzene rings is 1. The molecule has 0 saturated heterocycles. The molecule has 0 radical (unpaired) electrons. The SMILES string of the molecule is CNCCC=Cc1ccc2cc[nH]c2c1. The van der Waals surface area contributed by atoms with Crippen LogP contribution in [-0.4, -0.2) is 18.6 Å². The number of hydrogen-bond donors (Lipinski definition) is 2. The predicted molar refractivity (Wildman–Crippen MR) is 65.9 cm³/mol. The summed E-state index contributed by atoms with van der Waals surface area (Å²) in [5.74, 6) is 0. The summed E-state index contributed by atoms with van der Waals surface area (Å²) in [6.07, 6.45) is 7.40. The monoisotopic (exact) mass is 200 g/mol. The number of H-pyrrole nitrogens is 1. The molecule has 2 N–H and O–H groups in total. The van der Waals surface area contributed by atoms with E-state index in [4.69, 9.17) is 0 Å². The molecule has 0 saturated carbocycles. The van der Waals surface area contributed by atoms with E-state index in [-0.39, 0.29) is 0 Å². The van der Waals surface area contributed by atoms with Gasteiger partial charge >= 0.3 is 0 Å². The Morgan fingerprint density at radius 1 is 1.33 bits per heavy atom. The van der Waals surface area contributed by atoms with Crippen LogP contribution in [0.2, 0.25) is 0 Å². The van der Waals surface area contributed by atoms with Crippen molar-refractivity contribution in [2.75, 3.05) is 13.6 Å². The van der Waals surface area contributed by atoms with Crippen LogP contribution in [0, 0.1) is 0 Å². The lowest BCUT2D eigenvalue weighted by Crippen LogP contribution is -2.05. The van der Waals surface area contributed by atoms with Gasteiger partial charge in [0, 0.05) is 11.7 Å². The zero-order valence-corrected chi connectivity index (χ0v) is 8.96. The fourth-order valence-corrected chi connectivity index (χ4v) is 1.62. The van der Waals surface area contributed by atoms with Gasteiger partial charge in [-0.1, -0.05) is 24.3 Å². The number of fused-ring (bicyclic) bond motifs is 1. The molecule has 0 atom stereocenters. The predicted octanol–water partition coefficient (Wildman–Crippen LogP) is 2.79. The van der Waals surface area contributed by atoms with Crippen LogP contribution in [0.15, 0.2) is 36.5 Å². The lowest BCUT2D eigenvalue weighted by Gasteiger charge is -1.95. The molecule has 0 aliphatic rings. The van der Waals surface area contributed by atoms with E-state index in [1.54, 1.807) is 0 Å². The normalized spacial score (nSPS) is 11.5. The minimum atomic E-state index is 1.03. The molecular weight excluding hydrogens is 184 g/mol. The molecule has 1 aromatic carbocycles. The van der Waals surface area contributed by atoms with Gasteiger partial charge in [0.1, 0.15) is 0 Å². The zero-order valence-electron chi connectivity index (χ0n) is 8.96. The third-order valence-electron chi connectivity index (χ3n) is 2.45. The largest absolute Gasteiger partial charge is 0.361 e. The second kappa shape index (κ2) is 4.80. The van der Waals surface area contributed by atoms with Gasteiger partial charge < -0.3 is 10.3 Å². The molecule has 78 valence electrons. The Hall–Kier alpha value is -1.54. The van der Waals surface area contributed by atoms with Gasteiger partial charge in [0.15, 0.2) is 0 Å². The number of rotatable bonds is 4. The van der Waals surface area contributed by atoms with Gasteiger partial charge in [-0.25, -0.2) is 0 Å². The fraction of sp³-hybridized carbons (Fsp3) is 0.231. The van der Waals surface area contributed by atoms with Crippen LogP contribution in [0.4, 0.5) is 0 Å². The first kappa shape index (κ1) is 9.99. The maximum absolute atomic E-state index is 3.22. The third kappa shape index (κ3) is 2.48. The number of hydrogen-bond acceptors (Lipinski definition) is 1. The Labute approximate surface area is 90.0 Å². The standard InChI is InChI=1S/C13H16N2/c1-14-8-3-2-4-11-5-6-12-7-9-15-13(12)10-11/h2,4-7,9-10,14-15H,3,8H2,1H3. The zero-order chi connectivity index (χ0) is 10.5. The van der Waals surface area contributed by atoms with Crippen LogP contribution in [0.1, 0.15) is 12.0 Å². The van der Waals surface area contributed by atoms with Crippen LogP contribution >= 0.6 is 0 Å². The highest BCUT2D eigenvalue weighted by Crippen LogP contribution is 2.15. The second-order valence-corrected chi connectivity index (χ2v) is 3.62. The number of aromatic nitrogens is 1. The van der Waals surface area contributed by atoms with Crippen molar-refractivity contribution in [2.24, 2.45) is 0 Å². The fourth-order valence-electron chi connectivity index (χ4n) is 1.62. The Morgan fingerprint density at radius 2 is 2.27 bits per heavy atom. The van der Waals surface area contributed by atoms with Gasteiger partial charge in [-0.3, -0.25) is 0 Å². The summed E-state index contributed by atoms with van der Waals surface area (Å²) in [5.41, 5.74) is 2.45. The highest BCUT2D eigenvalue weighted by molar-refractivity contribution is 5.81. The summed E-state index contributed by atoms with van der Waals surface area (Å²) < 4.78 is 0. The molecule has 2 nitrogen and oxygen atoms in total. The first-order valence-corrected chi connectivity index (χ1v) is 5.28. The molecule has 1 aromatic heterocycles. The van der Waals surface area contributed by atoms with Gasteiger partial charge in [-0.05, 0) is 43.1 Å². The van der Waals surface area contributed by atoms with E-state index in [1.165, 1.54) is 16.5 Å². The summed E-state index contributed by atoms with van der Waals surface area (Å²) in [4.78, 5) is 3.22. The van der Waals surface area contributed by atoms with Crippen molar-refractivity contribution in [3.63, 3.8) is 0 Å². The quantitative estimate of drug-likeness (QED) is 0.730. The van der Waals surface area contributed by atoms with Gasteiger partial charge in [0.2, 0.25) is 0 Å². The van der Waals surface area contributed by atoms with Crippen LogP contribution in [0.25, 0.3) is 17.0 Å². The lowest BCUT2D eigenvalue weighted by atomic mass is 10.1. The van der Waals surface area contributed by atoms with Crippen LogP contribution in [-0.2, 0) is 0 Å². The Balaban J connectivity index is 2.10. The van der Waals surface area contributed by atoms with Crippen molar-refractivity contribution in [2.45, 2.75) is 6.42 Å². The number of nitrogens with one attached hydrogen (secondary N) is 2. The molecular formula is C13H16N2. The summed E-state index contributed by atoms with van der Waals surface area (Å²) in [5, 5.41) is 4.39. The third-order valence-corrected chi connectivity index (χ3v) is 2.45. The summed E-state index contributed by atoms with van der Waals surface area (Å²) in [6, 6.07) is 8.55. The molecule has 15 heavy (non-hydrogen) atoms. The topological polar surface area (TPSA) is 27.8 Å². The highest BCUT2D eigenvalue weighted by Gasteiger charge is 1.93. The average molecular weight is 200 g/mol. The van der Waals surface area contributed by atoms with E-state index >= 15 is 0 Å². The lowest BCUT2D eigenvalue weighted by molar-refractivity contribution is 0.809. The summed E-state index contributed by atoms with van der Waals surface area (Å²) in [7, 11) is 1.97. The molecule has 2 rings (SSSR count). The van der Waals surface area contributed by atoms with Gasteiger partial charge in [-0.2, -0.15) is 0 Å². The van der Waals surface area contributed by atoms with Crippen molar-refractivity contribution < 1.29 is 0 Å². The molecule has 0 bridgehead atoms. The molecule has 0 aliphatic carbocycles. The van der Waals surface area contributed by atoms with Gasteiger partial charge in [-0.15, -0.1) is 0 Å². The smallest absolute Gasteiger partial charge is 0.0459 e. The van der Waals surface area contributed by atoms with Crippen molar-refractivity contribution in [3.8, 4) is 0 Å². The van der Waals surface area contributed by atoms with E-state index in [0.717, 1.165) is 13.0 Å². The highest BCUT2D eigenvalue weighted by atomic mass is 14.8. The minimum Gasteiger partial charge on any atom is -0.361 e. The van der Waals surface area contributed by atoms with E-state index in [9.17, 15) is 0 Å². The van der Waals surface area contributed by atoms with E-state index in [0.29, 0.717) is 0 Å². The molecule has 0 aliphatic heterocycles. The first-order valence-electron chi connectivity index (χ1n) is 5.28. The van der Waals surface area contributed by atoms with Gasteiger partial charge in [0.05, 0.1) is 0 Å². The molecule has 0 spiro atoms. The second-order valence-electron chi connectivity index (χ2n) is 3.62. The van der Waals surface area contributed by atoms with E-state index in [1.807, 2.05) is 13.2 Å². The number of aromatic amines is 1.